The van der Waals surface area contributed by atoms with Gasteiger partial charge in [0.15, 0.2) is 5.60 Å². The van der Waals surface area contributed by atoms with Crippen molar-refractivity contribution in [1.82, 2.24) is 0 Å². The molecule has 0 atom stereocenters. The molecule has 0 aliphatic carbocycles. The Hall–Kier alpha value is -2.58. The van der Waals surface area contributed by atoms with E-state index in [4.69, 9.17) is 9.47 Å². The first kappa shape index (κ1) is 17.8. The Morgan fingerprint density at radius 2 is 1.33 bits per heavy atom. The minimum Gasteiger partial charge on any atom is -0.457 e. The molecule has 27 heavy (non-hydrogen) atoms. The molecule has 0 amide bonds. The largest absolute Gasteiger partial charge is 0.457 e. The Kier molecular flexibility index (Phi) is 5.00. The van der Waals surface area contributed by atoms with E-state index in [0.29, 0.717) is 12.5 Å². The topological polar surface area (TPSA) is 18.5 Å². The number of para-hydroxylation sites is 2. The highest BCUT2D eigenvalue weighted by molar-refractivity contribution is 5.61. The van der Waals surface area contributed by atoms with E-state index in [0.717, 1.165) is 41.0 Å². The Labute approximate surface area is 161 Å². The van der Waals surface area contributed by atoms with Crippen LogP contribution in [0.1, 0.15) is 43.4 Å². The summed E-state index contributed by atoms with van der Waals surface area (Å²) in [5, 5.41) is 0. The molecule has 138 valence electrons. The molecule has 2 heteroatoms. The molecule has 1 aliphatic rings. The van der Waals surface area contributed by atoms with Gasteiger partial charge in [-0.1, -0.05) is 80.6 Å². The Morgan fingerprint density at radius 1 is 0.778 bits per heavy atom. The van der Waals surface area contributed by atoms with Gasteiger partial charge in [0.05, 0.1) is 0 Å². The molecule has 0 aromatic heterocycles. The van der Waals surface area contributed by atoms with Crippen molar-refractivity contribution in [2.75, 3.05) is 6.61 Å². The average Bonchev–Trinajstić information content (AvgIpc) is 2.71. The summed E-state index contributed by atoms with van der Waals surface area (Å²) in [7, 11) is 0. The van der Waals surface area contributed by atoms with Crippen molar-refractivity contribution in [2.24, 2.45) is 5.92 Å². The van der Waals surface area contributed by atoms with E-state index in [1.165, 1.54) is 0 Å². The second-order valence-corrected chi connectivity index (χ2v) is 7.53. The average molecular weight is 358 g/mol. The van der Waals surface area contributed by atoms with Crippen molar-refractivity contribution in [3.8, 4) is 11.5 Å². The fourth-order valence-corrected chi connectivity index (χ4v) is 3.90. The van der Waals surface area contributed by atoms with E-state index in [9.17, 15) is 0 Å². The highest BCUT2D eigenvalue weighted by Gasteiger charge is 2.44. The normalized spacial score (nSPS) is 14.3. The van der Waals surface area contributed by atoms with Crippen LogP contribution in [0.4, 0.5) is 0 Å². The number of ether oxygens (including phenoxy) is 2. The molecule has 1 heterocycles. The fraction of sp³-hybridized carbons (Fsp3) is 0.280. The lowest BCUT2D eigenvalue weighted by Gasteiger charge is -2.40. The van der Waals surface area contributed by atoms with Crippen LogP contribution < -0.4 is 4.74 Å². The number of benzene rings is 3. The molecule has 0 fully saturated rings. The lowest BCUT2D eigenvalue weighted by Crippen LogP contribution is -2.36. The predicted molar refractivity (Wildman–Crippen MR) is 109 cm³/mol. The van der Waals surface area contributed by atoms with Crippen molar-refractivity contribution in [2.45, 2.75) is 32.3 Å². The molecule has 0 N–H and O–H groups in total. The van der Waals surface area contributed by atoms with E-state index >= 15 is 0 Å². The van der Waals surface area contributed by atoms with E-state index in [1.54, 1.807) is 0 Å². The molecule has 0 saturated carbocycles. The van der Waals surface area contributed by atoms with Crippen molar-refractivity contribution in [3.05, 3.63) is 95.6 Å². The number of fused-ring (bicyclic) bond motifs is 2. The molecule has 3 aromatic carbocycles. The van der Waals surface area contributed by atoms with E-state index in [2.05, 4.69) is 62.4 Å². The molecule has 0 unspecified atom stereocenters. The third kappa shape index (κ3) is 3.26. The van der Waals surface area contributed by atoms with Crippen molar-refractivity contribution in [3.63, 3.8) is 0 Å². The van der Waals surface area contributed by atoms with Crippen LogP contribution in [0, 0.1) is 5.92 Å². The Balaban J connectivity index is 1.87. The highest BCUT2D eigenvalue weighted by atomic mass is 16.5. The van der Waals surface area contributed by atoms with Gasteiger partial charge < -0.3 is 9.47 Å². The van der Waals surface area contributed by atoms with Gasteiger partial charge in [-0.2, -0.15) is 0 Å². The smallest absolute Gasteiger partial charge is 0.150 e. The minimum atomic E-state index is -0.649. The lowest BCUT2D eigenvalue weighted by atomic mass is 9.78. The van der Waals surface area contributed by atoms with E-state index in [-0.39, 0.29) is 0 Å². The van der Waals surface area contributed by atoms with Gasteiger partial charge in [0.2, 0.25) is 0 Å². The maximum absolute atomic E-state index is 6.78. The quantitative estimate of drug-likeness (QED) is 0.466. The van der Waals surface area contributed by atoms with Crippen molar-refractivity contribution in [1.29, 1.82) is 0 Å². The van der Waals surface area contributed by atoms with Gasteiger partial charge in [-0.25, -0.2) is 0 Å². The summed E-state index contributed by atoms with van der Waals surface area (Å²) in [6.45, 7) is 5.22. The molecule has 2 nitrogen and oxygen atoms in total. The van der Waals surface area contributed by atoms with Gasteiger partial charge in [-0.05, 0) is 36.5 Å². The molecular formula is C25H26O2. The van der Waals surface area contributed by atoms with Gasteiger partial charge >= 0.3 is 0 Å². The maximum Gasteiger partial charge on any atom is 0.150 e. The van der Waals surface area contributed by atoms with Crippen LogP contribution in [0.2, 0.25) is 0 Å². The van der Waals surface area contributed by atoms with Crippen LogP contribution in [0.5, 0.6) is 11.5 Å². The Bertz CT molecular complexity index is 853. The van der Waals surface area contributed by atoms with Crippen LogP contribution in [-0.2, 0) is 10.3 Å². The van der Waals surface area contributed by atoms with Crippen LogP contribution in [0.25, 0.3) is 0 Å². The van der Waals surface area contributed by atoms with Gasteiger partial charge in [0, 0.05) is 17.7 Å². The molecule has 3 aromatic rings. The molecule has 0 spiro atoms. The van der Waals surface area contributed by atoms with Gasteiger partial charge in [0.25, 0.3) is 0 Å². The SMILES string of the molecule is CC(C)CCCOC1(c2ccccc2)c2ccccc2Oc2ccccc21. The van der Waals surface area contributed by atoms with E-state index in [1.807, 2.05) is 30.3 Å². The zero-order valence-corrected chi connectivity index (χ0v) is 16.0. The third-order valence-electron chi connectivity index (χ3n) is 5.18. The van der Waals surface area contributed by atoms with Crippen molar-refractivity contribution >= 4 is 0 Å². The molecule has 4 rings (SSSR count). The summed E-state index contributed by atoms with van der Waals surface area (Å²) < 4.78 is 13.0. The zero-order chi connectivity index (χ0) is 18.7. The standard InChI is InChI=1S/C25H26O2/c1-19(2)11-10-18-26-25(20-12-4-3-5-13-20)21-14-6-8-16-23(21)27-24-17-9-7-15-22(24)25/h3-9,12-17,19H,10-11,18H2,1-2H3. The van der Waals surface area contributed by atoms with Gasteiger partial charge in [-0.15, -0.1) is 0 Å². The molecular weight excluding hydrogens is 332 g/mol. The first-order valence-electron chi connectivity index (χ1n) is 9.78. The molecule has 0 saturated heterocycles. The molecule has 0 radical (unpaired) electrons. The lowest BCUT2D eigenvalue weighted by molar-refractivity contribution is 0.00343. The van der Waals surface area contributed by atoms with Crippen LogP contribution in [-0.4, -0.2) is 6.61 Å². The maximum atomic E-state index is 6.78. The predicted octanol–water partition coefficient (Wildman–Crippen LogP) is 6.54. The van der Waals surface area contributed by atoms with Crippen LogP contribution in [0.3, 0.4) is 0 Å². The fourth-order valence-electron chi connectivity index (χ4n) is 3.90. The monoisotopic (exact) mass is 358 g/mol. The third-order valence-corrected chi connectivity index (χ3v) is 5.18. The number of hydrogen-bond donors (Lipinski definition) is 0. The van der Waals surface area contributed by atoms with Crippen LogP contribution in [0.15, 0.2) is 78.9 Å². The summed E-state index contributed by atoms with van der Waals surface area (Å²) in [6.07, 6.45) is 2.20. The first-order chi connectivity index (χ1) is 13.2. The van der Waals surface area contributed by atoms with Crippen LogP contribution >= 0.6 is 0 Å². The summed E-state index contributed by atoms with van der Waals surface area (Å²) in [6, 6.07) is 27.0. The number of hydrogen-bond acceptors (Lipinski definition) is 2. The summed E-state index contributed by atoms with van der Waals surface area (Å²) in [4.78, 5) is 0. The van der Waals surface area contributed by atoms with Gasteiger partial charge in [0.1, 0.15) is 11.5 Å². The number of rotatable bonds is 6. The van der Waals surface area contributed by atoms with E-state index < -0.39 is 5.60 Å². The zero-order valence-electron chi connectivity index (χ0n) is 16.0. The second kappa shape index (κ2) is 7.58. The molecule has 1 aliphatic heterocycles. The highest BCUT2D eigenvalue weighted by Crippen LogP contribution is 2.52. The minimum absolute atomic E-state index is 0.649. The Morgan fingerprint density at radius 3 is 1.93 bits per heavy atom. The molecule has 0 bridgehead atoms. The van der Waals surface area contributed by atoms with Gasteiger partial charge in [-0.3, -0.25) is 0 Å². The first-order valence-corrected chi connectivity index (χ1v) is 9.78. The summed E-state index contributed by atoms with van der Waals surface area (Å²) in [5.74, 6) is 2.41. The second-order valence-electron chi connectivity index (χ2n) is 7.53. The summed E-state index contributed by atoms with van der Waals surface area (Å²) >= 11 is 0. The van der Waals surface area contributed by atoms with Crippen molar-refractivity contribution < 1.29 is 9.47 Å². The summed E-state index contributed by atoms with van der Waals surface area (Å²) in [5.41, 5.74) is 2.63.